The highest BCUT2D eigenvalue weighted by atomic mass is 79.9. The van der Waals surface area contributed by atoms with Crippen LogP contribution < -0.4 is 5.32 Å². The lowest BCUT2D eigenvalue weighted by atomic mass is 9.92. The summed E-state index contributed by atoms with van der Waals surface area (Å²) in [7, 11) is 1.40. The molecule has 0 amide bonds. The van der Waals surface area contributed by atoms with E-state index < -0.39 is 5.54 Å². The van der Waals surface area contributed by atoms with Crippen molar-refractivity contribution >= 4 is 21.9 Å². The van der Waals surface area contributed by atoms with Crippen molar-refractivity contribution in [3.05, 3.63) is 47.0 Å². The molecule has 0 spiro atoms. The molecule has 1 unspecified atom stereocenters. The first-order chi connectivity index (χ1) is 8.51. The number of nitrogens with one attached hydrogen (secondary N) is 1. The average molecular weight is 312 g/mol. The maximum Gasteiger partial charge on any atom is 0.326 e. The minimum Gasteiger partial charge on any atom is -0.468 e. The Labute approximate surface area is 116 Å². The molecule has 0 radical (unpaired) electrons. The fourth-order valence-corrected chi connectivity index (χ4v) is 2.00. The Morgan fingerprint density at radius 2 is 2.11 bits per heavy atom. The van der Waals surface area contributed by atoms with E-state index in [0.29, 0.717) is 13.0 Å². The fourth-order valence-electron chi connectivity index (χ4n) is 1.74. The molecule has 1 N–H and O–H groups in total. The van der Waals surface area contributed by atoms with Crippen LogP contribution in [0.25, 0.3) is 0 Å². The largest absolute Gasteiger partial charge is 0.468 e. The Kier molecular flexibility index (Phi) is 5.56. The van der Waals surface area contributed by atoms with Crippen LogP contribution in [0.15, 0.2) is 41.4 Å². The first kappa shape index (κ1) is 14.9. The van der Waals surface area contributed by atoms with Gasteiger partial charge in [-0.15, -0.1) is 6.58 Å². The van der Waals surface area contributed by atoms with Crippen LogP contribution in [-0.2, 0) is 16.0 Å². The van der Waals surface area contributed by atoms with Crippen LogP contribution >= 0.6 is 15.9 Å². The van der Waals surface area contributed by atoms with Crippen LogP contribution in [0.1, 0.15) is 12.5 Å². The van der Waals surface area contributed by atoms with Crippen molar-refractivity contribution in [1.29, 1.82) is 0 Å². The van der Waals surface area contributed by atoms with E-state index in [9.17, 15) is 4.79 Å². The van der Waals surface area contributed by atoms with Gasteiger partial charge in [0.15, 0.2) is 0 Å². The normalized spacial score (nSPS) is 13.7. The molecular weight excluding hydrogens is 294 g/mol. The monoisotopic (exact) mass is 311 g/mol. The minimum atomic E-state index is -0.739. The topological polar surface area (TPSA) is 38.3 Å². The zero-order valence-corrected chi connectivity index (χ0v) is 12.3. The molecule has 0 aliphatic carbocycles. The SMILES string of the molecule is C=CCNC(C)(Cc1ccc(Br)cc1)C(=O)OC. The van der Waals surface area contributed by atoms with Crippen molar-refractivity contribution in [1.82, 2.24) is 5.32 Å². The van der Waals surface area contributed by atoms with Gasteiger partial charge in [-0.05, 0) is 24.6 Å². The molecular formula is C14H18BrNO2. The van der Waals surface area contributed by atoms with Crippen molar-refractivity contribution < 1.29 is 9.53 Å². The highest BCUT2D eigenvalue weighted by Crippen LogP contribution is 2.17. The fraction of sp³-hybridized carbons (Fsp3) is 0.357. The number of hydrogen-bond acceptors (Lipinski definition) is 3. The molecule has 0 aliphatic heterocycles. The maximum absolute atomic E-state index is 11.9. The Bertz CT molecular complexity index is 416. The summed E-state index contributed by atoms with van der Waals surface area (Å²) in [6.07, 6.45) is 2.30. The van der Waals surface area contributed by atoms with Gasteiger partial charge in [-0.3, -0.25) is 10.1 Å². The Hall–Kier alpha value is -1.13. The Morgan fingerprint density at radius 1 is 1.50 bits per heavy atom. The smallest absolute Gasteiger partial charge is 0.326 e. The molecule has 0 saturated carbocycles. The van der Waals surface area contributed by atoms with E-state index in [1.54, 1.807) is 6.08 Å². The number of esters is 1. The summed E-state index contributed by atoms with van der Waals surface area (Å²) in [5.41, 5.74) is 0.333. The Balaban J connectivity index is 2.86. The van der Waals surface area contributed by atoms with Crippen LogP contribution in [0, 0.1) is 0 Å². The summed E-state index contributed by atoms with van der Waals surface area (Å²) in [4.78, 5) is 11.9. The highest BCUT2D eigenvalue weighted by molar-refractivity contribution is 9.10. The molecule has 18 heavy (non-hydrogen) atoms. The third-order valence-electron chi connectivity index (χ3n) is 2.74. The molecule has 0 bridgehead atoms. The predicted octanol–water partition coefficient (Wildman–Crippen LogP) is 2.70. The minimum absolute atomic E-state index is 0.271. The van der Waals surface area contributed by atoms with Crippen LogP contribution in [0.5, 0.6) is 0 Å². The molecule has 1 aromatic carbocycles. The summed E-state index contributed by atoms with van der Waals surface area (Å²) < 4.78 is 5.88. The number of methoxy groups -OCH3 is 1. The van der Waals surface area contributed by atoms with E-state index in [0.717, 1.165) is 10.0 Å². The second-order valence-electron chi connectivity index (χ2n) is 4.30. The molecule has 1 rings (SSSR count). The summed E-state index contributed by atoms with van der Waals surface area (Å²) >= 11 is 3.39. The van der Waals surface area contributed by atoms with Gasteiger partial charge >= 0.3 is 5.97 Å². The quantitative estimate of drug-likeness (QED) is 0.648. The van der Waals surface area contributed by atoms with Crippen molar-refractivity contribution in [2.75, 3.05) is 13.7 Å². The lowest BCUT2D eigenvalue weighted by Crippen LogP contribution is -2.52. The zero-order chi connectivity index (χ0) is 13.6. The molecule has 0 fully saturated rings. The van der Waals surface area contributed by atoms with Crippen LogP contribution in [0.4, 0.5) is 0 Å². The average Bonchev–Trinajstić information content (AvgIpc) is 2.38. The lowest BCUT2D eigenvalue weighted by Gasteiger charge is -2.27. The number of carbonyl (C=O) groups is 1. The predicted molar refractivity (Wildman–Crippen MR) is 76.5 cm³/mol. The van der Waals surface area contributed by atoms with Gasteiger partial charge < -0.3 is 4.74 Å². The summed E-state index contributed by atoms with van der Waals surface area (Å²) in [5.74, 6) is -0.271. The molecule has 0 heterocycles. The molecule has 1 aromatic rings. The van der Waals surface area contributed by atoms with Crippen LogP contribution in [0.3, 0.4) is 0 Å². The Morgan fingerprint density at radius 3 is 2.61 bits per heavy atom. The number of hydrogen-bond donors (Lipinski definition) is 1. The van der Waals surface area contributed by atoms with Gasteiger partial charge in [-0.2, -0.15) is 0 Å². The van der Waals surface area contributed by atoms with Gasteiger partial charge in [0.1, 0.15) is 5.54 Å². The molecule has 3 nitrogen and oxygen atoms in total. The van der Waals surface area contributed by atoms with E-state index in [1.807, 2.05) is 31.2 Å². The number of halogens is 1. The van der Waals surface area contributed by atoms with Crippen molar-refractivity contribution in [2.24, 2.45) is 0 Å². The van der Waals surface area contributed by atoms with Crippen molar-refractivity contribution in [3.8, 4) is 0 Å². The number of ether oxygens (including phenoxy) is 1. The summed E-state index contributed by atoms with van der Waals surface area (Å²) in [6, 6.07) is 7.89. The van der Waals surface area contributed by atoms with E-state index >= 15 is 0 Å². The highest BCUT2D eigenvalue weighted by Gasteiger charge is 2.33. The third-order valence-corrected chi connectivity index (χ3v) is 3.27. The van der Waals surface area contributed by atoms with E-state index in [2.05, 4.69) is 27.8 Å². The molecule has 0 saturated heterocycles. The van der Waals surface area contributed by atoms with Crippen molar-refractivity contribution in [3.63, 3.8) is 0 Å². The number of carbonyl (C=O) groups excluding carboxylic acids is 1. The number of benzene rings is 1. The first-order valence-corrected chi connectivity index (χ1v) is 6.50. The van der Waals surface area contributed by atoms with Gasteiger partial charge in [-0.25, -0.2) is 0 Å². The summed E-state index contributed by atoms with van der Waals surface area (Å²) in [6.45, 7) is 6.04. The third kappa shape index (κ3) is 3.96. The molecule has 98 valence electrons. The van der Waals surface area contributed by atoms with Gasteiger partial charge in [-0.1, -0.05) is 34.1 Å². The van der Waals surface area contributed by atoms with Gasteiger partial charge in [0, 0.05) is 17.4 Å². The van der Waals surface area contributed by atoms with E-state index in [-0.39, 0.29) is 5.97 Å². The summed E-state index contributed by atoms with van der Waals surface area (Å²) in [5, 5.41) is 3.16. The zero-order valence-electron chi connectivity index (χ0n) is 10.7. The van der Waals surface area contributed by atoms with Gasteiger partial charge in [0.05, 0.1) is 7.11 Å². The molecule has 0 aliphatic rings. The second-order valence-corrected chi connectivity index (χ2v) is 5.21. The molecule has 0 aromatic heterocycles. The van der Waals surface area contributed by atoms with Crippen molar-refractivity contribution in [2.45, 2.75) is 18.9 Å². The number of rotatable bonds is 6. The lowest BCUT2D eigenvalue weighted by molar-refractivity contribution is -0.147. The standard InChI is InChI=1S/C14H18BrNO2/c1-4-9-16-14(2,13(17)18-3)10-11-5-7-12(15)8-6-11/h4-8,16H,1,9-10H2,2-3H3. The second kappa shape index (κ2) is 6.71. The van der Waals surface area contributed by atoms with Gasteiger partial charge in [0.25, 0.3) is 0 Å². The van der Waals surface area contributed by atoms with E-state index in [4.69, 9.17) is 4.74 Å². The molecule has 1 atom stereocenters. The van der Waals surface area contributed by atoms with Crippen LogP contribution in [-0.4, -0.2) is 25.2 Å². The maximum atomic E-state index is 11.9. The first-order valence-electron chi connectivity index (χ1n) is 5.70. The van der Waals surface area contributed by atoms with Gasteiger partial charge in [0.2, 0.25) is 0 Å². The molecule has 4 heteroatoms. The van der Waals surface area contributed by atoms with Crippen LogP contribution in [0.2, 0.25) is 0 Å². The van der Waals surface area contributed by atoms with E-state index in [1.165, 1.54) is 7.11 Å².